The second-order valence-electron chi connectivity index (χ2n) is 6.48. The number of rotatable bonds is 6. The molecular weight excluding hydrogens is 230 g/mol. The molecule has 0 aromatic heterocycles. The van der Waals surface area contributed by atoms with Crippen LogP contribution < -0.4 is 5.32 Å². The largest absolute Gasteiger partial charge is 0.468 e. The normalized spacial score (nSPS) is 23.1. The van der Waals surface area contributed by atoms with E-state index in [0.717, 1.165) is 12.5 Å². The van der Waals surface area contributed by atoms with E-state index in [0.29, 0.717) is 25.2 Å². The Bertz CT molecular complexity index is 306. The van der Waals surface area contributed by atoms with Crippen LogP contribution in [0.3, 0.4) is 0 Å². The first-order valence-electron chi connectivity index (χ1n) is 6.87. The Hall–Kier alpha value is -0.610. The maximum absolute atomic E-state index is 11.7. The summed E-state index contributed by atoms with van der Waals surface area (Å²) in [5.41, 5.74) is -0.120. The summed E-state index contributed by atoms with van der Waals surface area (Å²) in [6.45, 7) is 7.21. The van der Waals surface area contributed by atoms with Crippen LogP contribution in [0.5, 0.6) is 0 Å². The fourth-order valence-corrected chi connectivity index (χ4v) is 2.82. The maximum Gasteiger partial charge on any atom is 0.317 e. The van der Waals surface area contributed by atoms with Crippen molar-refractivity contribution in [2.75, 3.05) is 33.4 Å². The number of ether oxygens (including phenoxy) is 2. The van der Waals surface area contributed by atoms with Crippen LogP contribution in [-0.4, -0.2) is 39.4 Å². The van der Waals surface area contributed by atoms with Crippen molar-refractivity contribution < 1.29 is 14.3 Å². The molecule has 4 nitrogen and oxygen atoms in total. The van der Waals surface area contributed by atoms with Gasteiger partial charge in [0.25, 0.3) is 0 Å². The first-order valence-corrected chi connectivity index (χ1v) is 6.87. The molecule has 0 aromatic carbocycles. The molecule has 2 fully saturated rings. The molecule has 1 heterocycles. The number of hydrogen-bond acceptors (Lipinski definition) is 4. The van der Waals surface area contributed by atoms with Gasteiger partial charge in [0.1, 0.15) is 5.41 Å². The lowest BCUT2D eigenvalue weighted by Crippen LogP contribution is -2.56. The van der Waals surface area contributed by atoms with Crippen molar-refractivity contribution in [3.05, 3.63) is 0 Å². The van der Waals surface area contributed by atoms with Gasteiger partial charge in [0.15, 0.2) is 0 Å². The third-order valence-corrected chi connectivity index (χ3v) is 4.63. The van der Waals surface area contributed by atoms with Crippen molar-refractivity contribution in [3.8, 4) is 0 Å². The van der Waals surface area contributed by atoms with Gasteiger partial charge in [0.05, 0.1) is 20.3 Å². The van der Waals surface area contributed by atoms with Crippen molar-refractivity contribution in [1.29, 1.82) is 0 Å². The highest BCUT2D eigenvalue weighted by molar-refractivity contribution is 5.78. The molecule has 1 aliphatic carbocycles. The summed E-state index contributed by atoms with van der Waals surface area (Å²) < 4.78 is 10.0. The smallest absolute Gasteiger partial charge is 0.317 e. The molecule has 4 heteroatoms. The lowest BCUT2D eigenvalue weighted by Gasteiger charge is -2.43. The molecule has 0 spiro atoms. The van der Waals surface area contributed by atoms with E-state index in [1.165, 1.54) is 26.4 Å². The summed E-state index contributed by atoms with van der Waals surface area (Å²) in [4.78, 5) is 11.7. The molecule has 2 rings (SSSR count). The number of nitrogens with one attached hydrogen (secondary N) is 1. The van der Waals surface area contributed by atoms with E-state index in [1.807, 2.05) is 0 Å². The zero-order valence-corrected chi connectivity index (χ0v) is 11.8. The quantitative estimate of drug-likeness (QED) is 0.732. The summed E-state index contributed by atoms with van der Waals surface area (Å²) >= 11 is 0. The first-order chi connectivity index (χ1) is 8.50. The van der Waals surface area contributed by atoms with Crippen molar-refractivity contribution in [1.82, 2.24) is 5.32 Å². The molecular formula is C14H25NO3. The second-order valence-corrected chi connectivity index (χ2v) is 6.48. The third kappa shape index (κ3) is 2.54. The minimum absolute atomic E-state index is 0.150. The summed E-state index contributed by atoms with van der Waals surface area (Å²) in [5, 5.41) is 3.45. The van der Waals surface area contributed by atoms with Gasteiger partial charge < -0.3 is 14.8 Å². The van der Waals surface area contributed by atoms with Crippen molar-refractivity contribution in [3.63, 3.8) is 0 Å². The van der Waals surface area contributed by atoms with Gasteiger partial charge in [0, 0.05) is 13.1 Å². The first kappa shape index (κ1) is 13.8. The summed E-state index contributed by atoms with van der Waals surface area (Å²) in [5.74, 6) is 0.680. The van der Waals surface area contributed by atoms with Gasteiger partial charge in [-0.1, -0.05) is 20.3 Å². The minimum atomic E-state index is -0.440. The number of hydrogen-bond donors (Lipinski definition) is 1. The van der Waals surface area contributed by atoms with Crippen LogP contribution in [-0.2, 0) is 14.3 Å². The Morgan fingerprint density at radius 2 is 2.11 bits per heavy atom. The van der Waals surface area contributed by atoms with Crippen LogP contribution in [0, 0.1) is 16.7 Å². The summed E-state index contributed by atoms with van der Waals surface area (Å²) in [6, 6.07) is 0. The number of carbonyl (C=O) groups is 1. The Morgan fingerprint density at radius 1 is 1.44 bits per heavy atom. The van der Waals surface area contributed by atoms with Crippen LogP contribution >= 0.6 is 0 Å². The minimum Gasteiger partial charge on any atom is -0.468 e. The lowest BCUT2D eigenvalue weighted by molar-refractivity contribution is -0.182. The van der Waals surface area contributed by atoms with E-state index in [9.17, 15) is 4.79 Å². The van der Waals surface area contributed by atoms with Crippen LogP contribution in [0.2, 0.25) is 0 Å². The van der Waals surface area contributed by atoms with Gasteiger partial charge in [-0.05, 0) is 24.2 Å². The highest BCUT2D eigenvalue weighted by atomic mass is 16.5. The zero-order chi connectivity index (χ0) is 13.2. The summed E-state index contributed by atoms with van der Waals surface area (Å²) in [7, 11) is 1.45. The fraction of sp³-hybridized carbons (Fsp3) is 0.929. The average Bonchev–Trinajstić information content (AvgIpc) is 2.17. The maximum atomic E-state index is 11.7. The van der Waals surface area contributed by atoms with Crippen molar-refractivity contribution in [2.45, 2.75) is 33.1 Å². The molecule has 1 saturated heterocycles. The van der Waals surface area contributed by atoms with Gasteiger partial charge in [-0.25, -0.2) is 0 Å². The third-order valence-electron chi connectivity index (χ3n) is 4.63. The molecule has 0 aromatic rings. The van der Waals surface area contributed by atoms with Gasteiger partial charge in [-0.15, -0.1) is 0 Å². The molecule has 1 aliphatic heterocycles. The predicted octanol–water partition coefficient (Wildman–Crippen LogP) is 1.59. The van der Waals surface area contributed by atoms with E-state index < -0.39 is 5.41 Å². The molecule has 0 unspecified atom stereocenters. The Balaban J connectivity index is 1.78. The van der Waals surface area contributed by atoms with Gasteiger partial charge >= 0.3 is 5.97 Å². The fourth-order valence-electron chi connectivity index (χ4n) is 2.82. The molecule has 1 N–H and O–H groups in total. The number of esters is 1. The van der Waals surface area contributed by atoms with Crippen LogP contribution in [0.25, 0.3) is 0 Å². The number of methoxy groups -OCH3 is 1. The van der Waals surface area contributed by atoms with E-state index >= 15 is 0 Å². The Labute approximate surface area is 109 Å². The van der Waals surface area contributed by atoms with Crippen molar-refractivity contribution >= 4 is 5.97 Å². The molecule has 18 heavy (non-hydrogen) atoms. The topological polar surface area (TPSA) is 47.6 Å². The predicted molar refractivity (Wildman–Crippen MR) is 69.3 cm³/mol. The standard InChI is InChI=1S/C14H25NO3/c1-13(2,11-5-4-6-11)7-15-8-14(9-18-10-14)12(16)17-3/h11,15H,4-10H2,1-3H3. The van der Waals surface area contributed by atoms with Crippen molar-refractivity contribution in [2.24, 2.45) is 16.7 Å². The molecule has 2 aliphatic rings. The summed E-state index contributed by atoms with van der Waals surface area (Å²) in [6.07, 6.45) is 4.06. The average molecular weight is 255 g/mol. The SMILES string of the molecule is COC(=O)C1(CNCC(C)(C)C2CCC2)COC1. The molecule has 0 bridgehead atoms. The zero-order valence-electron chi connectivity index (χ0n) is 11.8. The van der Waals surface area contributed by atoms with Gasteiger partial charge in [-0.2, -0.15) is 0 Å². The van der Waals surface area contributed by atoms with E-state index in [1.54, 1.807) is 0 Å². The highest BCUT2D eigenvalue weighted by Crippen LogP contribution is 2.41. The molecule has 0 amide bonds. The van der Waals surface area contributed by atoms with Crippen LogP contribution in [0.1, 0.15) is 33.1 Å². The van der Waals surface area contributed by atoms with E-state index in [4.69, 9.17) is 9.47 Å². The van der Waals surface area contributed by atoms with Crippen LogP contribution in [0.4, 0.5) is 0 Å². The highest BCUT2D eigenvalue weighted by Gasteiger charge is 2.47. The second kappa shape index (κ2) is 5.17. The molecule has 0 atom stereocenters. The molecule has 104 valence electrons. The van der Waals surface area contributed by atoms with E-state index in [-0.39, 0.29) is 5.97 Å². The van der Waals surface area contributed by atoms with Crippen LogP contribution in [0.15, 0.2) is 0 Å². The lowest BCUT2D eigenvalue weighted by atomic mass is 9.67. The van der Waals surface area contributed by atoms with E-state index in [2.05, 4.69) is 19.2 Å². The molecule has 1 saturated carbocycles. The Morgan fingerprint density at radius 3 is 2.50 bits per heavy atom. The molecule has 0 radical (unpaired) electrons. The number of carbonyl (C=O) groups excluding carboxylic acids is 1. The Kier molecular flexibility index (Phi) is 3.97. The van der Waals surface area contributed by atoms with Gasteiger partial charge in [0.2, 0.25) is 0 Å². The monoisotopic (exact) mass is 255 g/mol. The van der Waals surface area contributed by atoms with Gasteiger partial charge in [-0.3, -0.25) is 4.79 Å².